The van der Waals surface area contributed by atoms with Gasteiger partial charge in [0.2, 0.25) is 5.96 Å². The summed E-state index contributed by atoms with van der Waals surface area (Å²) in [6.07, 6.45) is 5.99. The molecule has 22 heavy (non-hydrogen) atoms. The molecule has 1 saturated heterocycles. The predicted octanol–water partition coefficient (Wildman–Crippen LogP) is 0.877. The lowest BCUT2D eigenvalue weighted by molar-refractivity contribution is 0.0740. The van der Waals surface area contributed by atoms with Crippen LogP contribution in [0.3, 0.4) is 0 Å². The number of carbonyl (C=O) groups excluding carboxylic acids is 1. The Bertz CT molecular complexity index is 699. The predicted molar refractivity (Wildman–Crippen MR) is 88.5 cm³/mol. The molecular formula is C15H17N5OS. The van der Waals surface area contributed by atoms with Crippen molar-refractivity contribution in [2.45, 2.75) is 6.04 Å². The number of fused-ring (bicyclic) bond motifs is 3. The summed E-state index contributed by atoms with van der Waals surface area (Å²) in [6.45, 7) is 3.25. The number of amides is 1. The summed E-state index contributed by atoms with van der Waals surface area (Å²) in [5.41, 5.74) is 6.82. The van der Waals surface area contributed by atoms with Crippen LogP contribution in [0.2, 0.25) is 0 Å². The van der Waals surface area contributed by atoms with Gasteiger partial charge in [0.25, 0.3) is 5.91 Å². The molecule has 2 unspecified atom stereocenters. The van der Waals surface area contributed by atoms with Crippen LogP contribution in [0.15, 0.2) is 22.1 Å². The SMILES string of the molecule is NC1=NC2c3cc(C(=O)N4CCNCC4)sc3C=CC2C=N1. The Morgan fingerprint density at radius 3 is 3.05 bits per heavy atom. The second-order valence-electron chi connectivity index (χ2n) is 5.62. The van der Waals surface area contributed by atoms with Crippen molar-refractivity contribution >= 4 is 35.5 Å². The van der Waals surface area contributed by atoms with Crippen LogP contribution in [-0.4, -0.2) is 49.2 Å². The smallest absolute Gasteiger partial charge is 0.264 e. The molecule has 7 heteroatoms. The summed E-state index contributed by atoms with van der Waals surface area (Å²) in [7, 11) is 0. The van der Waals surface area contributed by atoms with Gasteiger partial charge >= 0.3 is 0 Å². The molecule has 114 valence electrons. The van der Waals surface area contributed by atoms with Gasteiger partial charge in [-0.1, -0.05) is 6.08 Å². The zero-order chi connectivity index (χ0) is 15.1. The molecule has 0 aromatic carbocycles. The molecule has 0 bridgehead atoms. The van der Waals surface area contributed by atoms with E-state index in [-0.39, 0.29) is 17.9 Å². The summed E-state index contributed by atoms with van der Waals surface area (Å²) >= 11 is 1.54. The van der Waals surface area contributed by atoms with Crippen molar-refractivity contribution in [3.8, 4) is 0 Å². The Kier molecular flexibility index (Phi) is 3.31. The summed E-state index contributed by atoms with van der Waals surface area (Å²) in [5, 5.41) is 3.26. The Morgan fingerprint density at radius 2 is 2.23 bits per heavy atom. The van der Waals surface area contributed by atoms with Gasteiger partial charge in [0.1, 0.15) is 0 Å². The number of guanidine groups is 1. The molecule has 6 nitrogen and oxygen atoms in total. The molecule has 1 aromatic rings. The normalized spacial score (nSPS) is 26.4. The Balaban J connectivity index is 1.64. The third kappa shape index (κ3) is 2.26. The average molecular weight is 315 g/mol. The number of nitrogens with zero attached hydrogens (tertiary/aromatic N) is 3. The van der Waals surface area contributed by atoms with E-state index in [0.717, 1.165) is 41.5 Å². The van der Waals surface area contributed by atoms with E-state index < -0.39 is 0 Å². The molecule has 1 aliphatic carbocycles. The van der Waals surface area contributed by atoms with E-state index in [1.54, 1.807) is 11.3 Å². The van der Waals surface area contributed by atoms with Gasteiger partial charge in [-0.15, -0.1) is 11.3 Å². The second-order valence-corrected chi connectivity index (χ2v) is 6.70. The molecule has 0 spiro atoms. The zero-order valence-electron chi connectivity index (χ0n) is 12.0. The monoisotopic (exact) mass is 315 g/mol. The second kappa shape index (κ2) is 5.33. The third-order valence-electron chi connectivity index (χ3n) is 4.21. The van der Waals surface area contributed by atoms with Crippen molar-refractivity contribution in [3.63, 3.8) is 0 Å². The molecule has 2 aliphatic heterocycles. The first-order valence-corrected chi connectivity index (χ1v) is 8.23. The first-order valence-electron chi connectivity index (χ1n) is 7.42. The molecule has 0 radical (unpaired) electrons. The highest BCUT2D eigenvalue weighted by atomic mass is 32.1. The summed E-state index contributed by atoms with van der Waals surface area (Å²) in [5.74, 6) is 0.562. The van der Waals surface area contributed by atoms with Gasteiger partial charge < -0.3 is 16.0 Å². The van der Waals surface area contributed by atoms with E-state index in [2.05, 4.69) is 27.5 Å². The van der Waals surface area contributed by atoms with E-state index in [0.29, 0.717) is 5.96 Å². The van der Waals surface area contributed by atoms with Crippen LogP contribution in [0.25, 0.3) is 6.08 Å². The number of hydrogen-bond acceptors (Lipinski definition) is 6. The number of nitrogens with one attached hydrogen (secondary N) is 1. The summed E-state index contributed by atoms with van der Waals surface area (Å²) < 4.78 is 0. The van der Waals surface area contributed by atoms with Gasteiger partial charge in [0.05, 0.1) is 10.9 Å². The van der Waals surface area contributed by atoms with Gasteiger partial charge in [-0.25, -0.2) is 9.98 Å². The number of thiophene rings is 1. The van der Waals surface area contributed by atoms with Crippen LogP contribution in [0, 0.1) is 5.92 Å². The average Bonchev–Trinajstić information content (AvgIpc) is 2.99. The molecule has 0 saturated carbocycles. The Morgan fingerprint density at radius 1 is 1.41 bits per heavy atom. The molecule has 3 aliphatic rings. The van der Waals surface area contributed by atoms with Gasteiger partial charge in [0, 0.05) is 43.2 Å². The van der Waals surface area contributed by atoms with E-state index in [1.807, 2.05) is 17.2 Å². The minimum atomic E-state index is -0.0432. The third-order valence-corrected chi connectivity index (χ3v) is 5.31. The highest BCUT2D eigenvalue weighted by Crippen LogP contribution is 2.40. The Labute approximate surface area is 132 Å². The van der Waals surface area contributed by atoms with Crippen molar-refractivity contribution in [1.29, 1.82) is 0 Å². The number of carbonyl (C=O) groups is 1. The highest BCUT2D eigenvalue weighted by molar-refractivity contribution is 7.15. The van der Waals surface area contributed by atoms with Gasteiger partial charge in [-0.3, -0.25) is 4.79 Å². The zero-order valence-corrected chi connectivity index (χ0v) is 12.8. The minimum absolute atomic E-state index is 0.0432. The molecule has 1 amide bonds. The van der Waals surface area contributed by atoms with Gasteiger partial charge in [0.15, 0.2) is 0 Å². The van der Waals surface area contributed by atoms with E-state index in [4.69, 9.17) is 5.73 Å². The maximum Gasteiger partial charge on any atom is 0.264 e. The number of nitrogens with two attached hydrogens (primary N) is 1. The van der Waals surface area contributed by atoms with Crippen LogP contribution in [0.5, 0.6) is 0 Å². The van der Waals surface area contributed by atoms with Gasteiger partial charge in [-0.2, -0.15) is 0 Å². The van der Waals surface area contributed by atoms with Crippen molar-refractivity contribution in [3.05, 3.63) is 27.5 Å². The first kappa shape index (κ1) is 13.7. The molecule has 3 heterocycles. The van der Waals surface area contributed by atoms with Crippen molar-refractivity contribution < 1.29 is 4.79 Å². The number of piperazine rings is 1. The first-order chi connectivity index (χ1) is 10.7. The maximum atomic E-state index is 12.6. The largest absolute Gasteiger partial charge is 0.368 e. The summed E-state index contributed by atoms with van der Waals surface area (Å²) in [4.78, 5) is 25.0. The van der Waals surface area contributed by atoms with Crippen LogP contribution in [-0.2, 0) is 0 Å². The quantitative estimate of drug-likeness (QED) is 0.807. The molecule has 1 aromatic heterocycles. The van der Waals surface area contributed by atoms with E-state index in [9.17, 15) is 4.79 Å². The molecular weight excluding hydrogens is 298 g/mol. The molecule has 1 fully saturated rings. The van der Waals surface area contributed by atoms with Gasteiger partial charge in [-0.05, 0) is 17.7 Å². The summed E-state index contributed by atoms with van der Waals surface area (Å²) in [6, 6.07) is 1.94. The molecule has 4 rings (SSSR count). The van der Waals surface area contributed by atoms with Crippen LogP contribution in [0.1, 0.15) is 26.2 Å². The lowest BCUT2D eigenvalue weighted by Gasteiger charge is -2.26. The Hall–Kier alpha value is -1.99. The number of aliphatic imine (C=N–C) groups is 2. The number of rotatable bonds is 1. The fourth-order valence-electron chi connectivity index (χ4n) is 3.05. The van der Waals surface area contributed by atoms with Crippen LogP contribution < -0.4 is 11.1 Å². The standard InChI is InChI=1S/C15H17N5OS/c16-15-18-8-9-1-2-11-10(13(9)19-15)7-12(22-11)14(21)20-5-3-17-4-6-20/h1-2,7-9,13,17H,3-6H2,(H2,16,19). The molecule has 3 N–H and O–H groups in total. The van der Waals surface area contributed by atoms with Crippen molar-refractivity contribution in [2.75, 3.05) is 26.2 Å². The van der Waals surface area contributed by atoms with Crippen molar-refractivity contribution in [1.82, 2.24) is 10.2 Å². The fraction of sp³-hybridized carbons (Fsp3) is 0.400. The minimum Gasteiger partial charge on any atom is -0.368 e. The van der Waals surface area contributed by atoms with E-state index in [1.165, 1.54) is 0 Å². The number of hydrogen-bond donors (Lipinski definition) is 2. The van der Waals surface area contributed by atoms with E-state index >= 15 is 0 Å². The van der Waals surface area contributed by atoms with Crippen LogP contribution in [0.4, 0.5) is 0 Å². The lowest BCUT2D eigenvalue weighted by Crippen LogP contribution is -2.46. The van der Waals surface area contributed by atoms with Crippen LogP contribution >= 0.6 is 11.3 Å². The van der Waals surface area contributed by atoms with Crippen molar-refractivity contribution in [2.24, 2.45) is 21.6 Å². The lowest BCUT2D eigenvalue weighted by atomic mass is 9.89. The fourth-order valence-corrected chi connectivity index (χ4v) is 4.13. The highest BCUT2D eigenvalue weighted by Gasteiger charge is 2.31. The molecule has 2 atom stereocenters. The maximum absolute atomic E-state index is 12.6. The topological polar surface area (TPSA) is 83.1 Å².